The highest BCUT2D eigenvalue weighted by Gasteiger charge is 2.20. The number of likely N-dealkylation sites (N-methyl/N-ethyl adjacent to an activating group) is 1. The van der Waals surface area contributed by atoms with Crippen LogP contribution in [0.2, 0.25) is 0 Å². The van der Waals surface area contributed by atoms with Crippen molar-refractivity contribution in [3.63, 3.8) is 0 Å². The molecule has 2 heterocycles. The van der Waals surface area contributed by atoms with Gasteiger partial charge < -0.3 is 10.2 Å². The third kappa shape index (κ3) is 4.79. The molecule has 1 N–H and O–H groups in total. The fourth-order valence-corrected chi connectivity index (χ4v) is 3.19. The lowest BCUT2D eigenvalue weighted by atomic mass is 9.96. The summed E-state index contributed by atoms with van der Waals surface area (Å²) in [6, 6.07) is 12.2. The van der Waals surface area contributed by atoms with E-state index in [1.807, 2.05) is 60.3 Å². The molecule has 5 nitrogen and oxygen atoms in total. The van der Waals surface area contributed by atoms with Crippen molar-refractivity contribution in [2.45, 2.75) is 25.3 Å². The number of nitrogens with zero attached hydrogens (tertiary/aromatic N) is 3. The number of amides is 1. The van der Waals surface area contributed by atoms with E-state index in [0.29, 0.717) is 19.0 Å². The van der Waals surface area contributed by atoms with Crippen molar-refractivity contribution < 1.29 is 4.79 Å². The Kier molecular flexibility index (Phi) is 6.01. The zero-order chi connectivity index (χ0) is 17.5. The lowest BCUT2D eigenvalue weighted by Crippen LogP contribution is -2.33. The highest BCUT2D eigenvalue weighted by atomic mass is 16.2. The van der Waals surface area contributed by atoms with Crippen LogP contribution in [0.4, 0.5) is 0 Å². The average molecular weight is 338 g/mol. The second kappa shape index (κ2) is 8.62. The molecule has 1 aromatic heterocycles. The molecule has 1 aliphatic rings. The van der Waals surface area contributed by atoms with Gasteiger partial charge >= 0.3 is 0 Å². The number of piperidine rings is 1. The SMILES string of the molecule is CN(C/C=C/c1ccccc1)C(=O)Cn1nccc1[C@@H]1CCCNC1. The van der Waals surface area contributed by atoms with Crippen LogP contribution in [-0.2, 0) is 11.3 Å². The summed E-state index contributed by atoms with van der Waals surface area (Å²) in [7, 11) is 1.84. The van der Waals surface area contributed by atoms with Crippen LogP contribution in [0.15, 0.2) is 48.7 Å². The first kappa shape index (κ1) is 17.4. The maximum atomic E-state index is 12.5. The van der Waals surface area contributed by atoms with Crippen molar-refractivity contribution in [3.8, 4) is 0 Å². The van der Waals surface area contributed by atoms with Gasteiger partial charge in [0.1, 0.15) is 6.54 Å². The fourth-order valence-electron chi connectivity index (χ4n) is 3.19. The van der Waals surface area contributed by atoms with Crippen LogP contribution in [0.25, 0.3) is 6.08 Å². The Labute approximate surface area is 149 Å². The Morgan fingerprint density at radius 2 is 2.20 bits per heavy atom. The summed E-state index contributed by atoms with van der Waals surface area (Å²) in [6.45, 7) is 2.94. The second-order valence-electron chi connectivity index (χ2n) is 6.54. The van der Waals surface area contributed by atoms with Crippen molar-refractivity contribution in [2.75, 3.05) is 26.7 Å². The number of nitrogens with one attached hydrogen (secondary N) is 1. The molecule has 1 fully saturated rings. The highest BCUT2D eigenvalue weighted by Crippen LogP contribution is 2.22. The molecule has 5 heteroatoms. The number of carbonyl (C=O) groups excluding carboxylic acids is 1. The van der Waals surface area contributed by atoms with Crippen molar-refractivity contribution in [1.29, 1.82) is 0 Å². The van der Waals surface area contributed by atoms with E-state index in [1.165, 1.54) is 6.42 Å². The van der Waals surface area contributed by atoms with Gasteiger partial charge in [0, 0.05) is 37.9 Å². The first-order valence-corrected chi connectivity index (χ1v) is 8.92. The van der Waals surface area contributed by atoms with Crippen LogP contribution in [0, 0.1) is 0 Å². The Morgan fingerprint density at radius 3 is 2.96 bits per heavy atom. The number of aromatic nitrogens is 2. The van der Waals surface area contributed by atoms with Crippen LogP contribution >= 0.6 is 0 Å². The largest absolute Gasteiger partial charge is 0.340 e. The maximum absolute atomic E-state index is 12.5. The first-order chi connectivity index (χ1) is 12.2. The predicted molar refractivity (Wildman–Crippen MR) is 100 cm³/mol. The standard InChI is InChI=1S/C20H26N4O/c1-23(14-6-9-17-7-3-2-4-8-17)20(25)16-24-19(11-13-22-24)18-10-5-12-21-15-18/h2-4,6-9,11,13,18,21H,5,10,12,14-16H2,1H3/b9-6+/t18-/m1/s1. The van der Waals surface area contributed by atoms with Gasteiger partial charge in [0.2, 0.25) is 5.91 Å². The van der Waals surface area contributed by atoms with Gasteiger partial charge in [-0.05, 0) is 31.0 Å². The topological polar surface area (TPSA) is 50.2 Å². The molecule has 25 heavy (non-hydrogen) atoms. The number of hydrogen-bond acceptors (Lipinski definition) is 3. The minimum atomic E-state index is 0.0754. The van der Waals surface area contributed by atoms with E-state index < -0.39 is 0 Å². The van der Waals surface area contributed by atoms with Crippen molar-refractivity contribution >= 4 is 12.0 Å². The average Bonchev–Trinajstić information content (AvgIpc) is 3.11. The van der Waals surface area contributed by atoms with E-state index in [1.54, 1.807) is 11.1 Å². The van der Waals surface area contributed by atoms with Crippen molar-refractivity contribution in [1.82, 2.24) is 20.0 Å². The molecule has 132 valence electrons. The molecular weight excluding hydrogens is 312 g/mol. The van der Waals surface area contributed by atoms with Gasteiger partial charge in [-0.2, -0.15) is 5.10 Å². The molecule has 0 spiro atoms. The van der Waals surface area contributed by atoms with E-state index in [0.717, 1.165) is 30.8 Å². The van der Waals surface area contributed by atoms with E-state index in [4.69, 9.17) is 0 Å². The molecule has 1 atom stereocenters. The molecule has 1 saturated heterocycles. The molecular formula is C20H26N4O. The summed E-state index contributed by atoms with van der Waals surface area (Å²) in [5.74, 6) is 0.527. The monoisotopic (exact) mass is 338 g/mol. The molecule has 1 amide bonds. The molecule has 0 bridgehead atoms. The van der Waals surface area contributed by atoms with E-state index in [2.05, 4.69) is 10.4 Å². The highest BCUT2D eigenvalue weighted by molar-refractivity contribution is 5.76. The van der Waals surface area contributed by atoms with Crippen LogP contribution in [0.5, 0.6) is 0 Å². The molecule has 0 unspecified atom stereocenters. The molecule has 1 aliphatic heterocycles. The third-order valence-corrected chi connectivity index (χ3v) is 4.66. The number of rotatable bonds is 6. The van der Waals surface area contributed by atoms with Gasteiger partial charge in [-0.25, -0.2) is 0 Å². The van der Waals surface area contributed by atoms with Crippen molar-refractivity contribution in [2.24, 2.45) is 0 Å². The molecule has 2 aromatic rings. The van der Waals surface area contributed by atoms with Gasteiger partial charge in [-0.15, -0.1) is 0 Å². The summed E-state index contributed by atoms with van der Waals surface area (Å²) in [5.41, 5.74) is 2.30. The summed E-state index contributed by atoms with van der Waals surface area (Å²) in [6.07, 6.45) is 8.18. The van der Waals surface area contributed by atoms with E-state index >= 15 is 0 Å². The lowest BCUT2D eigenvalue weighted by molar-refractivity contribution is -0.130. The molecule has 1 aromatic carbocycles. The smallest absolute Gasteiger partial charge is 0.244 e. The van der Waals surface area contributed by atoms with Gasteiger partial charge in [-0.3, -0.25) is 9.48 Å². The van der Waals surface area contributed by atoms with E-state index in [-0.39, 0.29) is 5.91 Å². The van der Waals surface area contributed by atoms with Crippen molar-refractivity contribution in [3.05, 3.63) is 59.9 Å². The predicted octanol–water partition coefficient (Wildman–Crippen LogP) is 2.52. The Hall–Kier alpha value is -2.40. The fraction of sp³-hybridized carbons (Fsp3) is 0.400. The van der Waals surface area contributed by atoms with Crippen LogP contribution in [0.3, 0.4) is 0 Å². The molecule has 0 saturated carbocycles. The summed E-state index contributed by atoms with van der Waals surface area (Å²) in [5, 5.41) is 7.79. The molecule has 0 radical (unpaired) electrons. The van der Waals surface area contributed by atoms with Gasteiger partial charge in [0.25, 0.3) is 0 Å². The Balaban J connectivity index is 1.55. The van der Waals surface area contributed by atoms with Crippen LogP contribution in [0.1, 0.15) is 30.0 Å². The van der Waals surface area contributed by atoms with Gasteiger partial charge in [0.05, 0.1) is 0 Å². The normalized spacial score (nSPS) is 17.7. The summed E-state index contributed by atoms with van der Waals surface area (Å²) in [4.78, 5) is 14.2. The molecule has 0 aliphatic carbocycles. The van der Waals surface area contributed by atoms with Crippen LogP contribution in [-0.4, -0.2) is 47.3 Å². The Morgan fingerprint density at radius 1 is 1.36 bits per heavy atom. The van der Waals surface area contributed by atoms with Gasteiger partial charge in [0.15, 0.2) is 0 Å². The number of carbonyl (C=O) groups is 1. The Bertz CT molecular complexity index is 701. The zero-order valence-electron chi connectivity index (χ0n) is 14.8. The first-order valence-electron chi connectivity index (χ1n) is 8.92. The summed E-state index contributed by atoms with van der Waals surface area (Å²) >= 11 is 0. The van der Waals surface area contributed by atoms with Crippen LogP contribution < -0.4 is 5.32 Å². The van der Waals surface area contributed by atoms with E-state index in [9.17, 15) is 4.79 Å². The second-order valence-corrected chi connectivity index (χ2v) is 6.54. The third-order valence-electron chi connectivity index (χ3n) is 4.66. The summed E-state index contributed by atoms with van der Waals surface area (Å²) < 4.78 is 1.86. The molecule has 3 rings (SSSR count). The maximum Gasteiger partial charge on any atom is 0.244 e. The van der Waals surface area contributed by atoms with Gasteiger partial charge in [-0.1, -0.05) is 42.5 Å². The minimum Gasteiger partial charge on any atom is -0.340 e. The number of benzene rings is 1. The number of hydrogen-bond donors (Lipinski definition) is 1. The zero-order valence-corrected chi connectivity index (χ0v) is 14.8. The minimum absolute atomic E-state index is 0.0754. The quantitative estimate of drug-likeness (QED) is 0.880. The lowest BCUT2D eigenvalue weighted by Gasteiger charge is -2.24.